The Balaban J connectivity index is 2.16. The molecule has 1 aromatic carbocycles. The van der Waals surface area contributed by atoms with E-state index in [1.165, 1.54) is 5.56 Å². The van der Waals surface area contributed by atoms with E-state index in [0.717, 1.165) is 43.5 Å². The average molecular weight is 260 g/mol. The van der Waals surface area contributed by atoms with Crippen LogP contribution in [-0.2, 0) is 6.42 Å². The van der Waals surface area contributed by atoms with E-state index in [-0.39, 0.29) is 11.4 Å². The Kier molecular flexibility index (Phi) is 4.13. The lowest BCUT2D eigenvalue weighted by Crippen LogP contribution is -2.47. The number of anilines is 1. The molecule has 2 N–H and O–H groups in total. The summed E-state index contributed by atoms with van der Waals surface area (Å²) in [5, 5.41) is 6.54. The summed E-state index contributed by atoms with van der Waals surface area (Å²) in [6.45, 7) is 7.38. The molecule has 0 aliphatic carbocycles. The first-order chi connectivity index (χ1) is 9.14. The van der Waals surface area contributed by atoms with Crippen molar-refractivity contribution < 1.29 is 4.79 Å². The molecular formula is C16H24N2O. The maximum Gasteiger partial charge on any atom is 0.251 e. The second kappa shape index (κ2) is 5.64. The molecule has 1 aliphatic heterocycles. The van der Waals surface area contributed by atoms with Gasteiger partial charge in [-0.25, -0.2) is 0 Å². The molecule has 0 aromatic heterocycles. The van der Waals surface area contributed by atoms with Crippen LogP contribution in [0.15, 0.2) is 18.2 Å². The van der Waals surface area contributed by atoms with E-state index in [0.29, 0.717) is 0 Å². The molecule has 0 saturated carbocycles. The van der Waals surface area contributed by atoms with E-state index in [1.54, 1.807) is 0 Å². The number of rotatable bonds is 5. The van der Waals surface area contributed by atoms with Crippen molar-refractivity contribution in [3.63, 3.8) is 0 Å². The molecule has 3 nitrogen and oxygen atoms in total. The van der Waals surface area contributed by atoms with E-state index >= 15 is 0 Å². The van der Waals surface area contributed by atoms with Crippen molar-refractivity contribution >= 4 is 11.6 Å². The number of hydrogen-bond acceptors (Lipinski definition) is 2. The zero-order valence-corrected chi connectivity index (χ0v) is 12.2. The molecule has 1 amide bonds. The van der Waals surface area contributed by atoms with Crippen LogP contribution in [0.4, 0.5) is 5.69 Å². The lowest BCUT2D eigenvalue weighted by atomic mass is 9.89. The number of hydrogen-bond donors (Lipinski definition) is 2. The molecule has 1 heterocycles. The lowest BCUT2D eigenvalue weighted by molar-refractivity contribution is 0.0888. The Bertz CT molecular complexity index is 456. The molecule has 2 rings (SSSR count). The molecule has 0 fully saturated rings. The first kappa shape index (κ1) is 13.9. The molecule has 0 radical (unpaired) electrons. The van der Waals surface area contributed by atoms with Crippen molar-refractivity contribution in [3.05, 3.63) is 29.3 Å². The minimum Gasteiger partial charge on any atom is -0.384 e. The van der Waals surface area contributed by atoms with E-state index in [9.17, 15) is 4.79 Å². The van der Waals surface area contributed by atoms with Crippen molar-refractivity contribution in [1.29, 1.82) is 0 Å². The van der Waals surface area contributed by atoms with Crippen LogP contribution >= 0.6 is 0 Å². The molecule has 0 spiro atoms. The first-order valence-electron chi connectivity index (χ1n) is 7.33. The van der Waals surface area contributed by atoms with Gasteiger partial charge < -0.3 is 10.6 Å². The van der Waals surface area contributed by atoms with Gasteiger partial charge in [-0.3, -0.25) is 4.79 Å². The molecule has 19 heavy (non-hydrogen) atoms. The number of carbonyl (C=O) groups excluding carboxylic acids is 1. The van der Waals surface area contributed by atoms with E-state index < -0.39 is 0 Å². The van der Waals surface area contributed by atoms with Crippen molar-refractivity contribution in [3.8, 4) is 0 Å². The van der Waals surface area contributed by atoms with Crippen LogP contribution < -0.4 is 10.6 Å². The summed E-state index contributed by atoms with van der Waals surface area (Å²) in [5.74, 6) is 0.0436. The SMILES string of the molecule is CCC(CC)(CC)NC(=O)c1ccc2c(c1)NCC2. The zero-order valence-electron chi connectivity index (χ0n) is 12.2. The van der Waals surface area contributed by atoms with Crippen LogP contribution in [0.1, 0.15) is 56.0 Å². The lowest BCUT2D eigenvalue weighted by Gasteiger charge is -2.31. The third-order valence-corrected chi connectivity index (χ3v) is 4.49. The van der Waals surface area contributed by atoms with E-state index in [4.69, 9.17) is 0 Å². The maximum absolute atomic E-state index is 12.4. The van der Waals surface area contributed by atoms with Gasteiger partial charge in [-0.05, 0) is 43.4 Å². The van der Waals surface area contributed by atoms with E-state index in [2.05, 4.69) is 37.5 Å². The van der Waals surface area contributed by atoms with Crippen LogP contribution in [0.2, 0.25) is 0 Å². The van der Waals surface area contributed by atoms with Crippen LogP contribution in [-0.4, -0.2) is 18.0 Å². The van der Waals surface area contributed by atoms with Crippen LogP contribution in [0.25, 0.3) is 0 Å². The second-order valence-electron chi connectivity index (χ2n) is 5.34. The Morgan fingerprint density at radius 1 is 1.26 bits per heavy atom. The minimum absolute atomic E-state index is 0.0436. The molecule has 1 aliphatic rings. The molecular weight excluding hydrogens is 236 g/mol. The Morgan fingerprint density at radius 2 is 1.95 bits per heavy atom. The molecule has 0 saturated heterocycles. The van der Waals surface area contributed by atoms with Gasteiger partial charge in [-0.15, -0.1) is 0 Å². The van der Waals surface area contributed by atoms with Gasteiger partial charge in [0.15, 0.2) is 0 Å². The molecule has 3 heteroatoms. The highest BCUT2D eigenvalue weighted by Crippen LogP contribution is 2.24. The van der Waals surface area contributed by atoms with Crippen molar-refractivity contribution in [1.82, 2.24) is 5.32 Å². The number of carbonyl (C=O) groups is 1. The van der Waals surface area contributed by atoms with Gasteiger partial charge in [0.1, 0.15) is 0 Å². The predicted molar refractivity (Wildman–Crippen MR) is 79.7 cm³/mol. The number of benzene rings is 1. The third-order valence-electron chi connectivity index (χ3n) is 4.49. The second-order valence-corrected chi connectivity index (χ2v) is 5.34. The normalized spacial score (nSPS) is 13.8. The highest BCUT2D eigenvalue weighted by molar-refractivity contribution is 5.96. The number of fused-ring (bicyclic) bond motifs is 1. The fourth-order valence-electron chi connectivity index (χ4n) is 2.76. The smallest absolute Gasteiger partial charge is 0.251 e. The summed E-state index contributed by atoms with van der Waals surface area (Å²) in [6.07, 6.45) is 3.96. The third kappa shape index (κ3) is 2.75. The first-order valence-corrected chi connectivity index (χ1v) is 7.33. The number of nitrogens with one attached hydrogen (secondary N) is 2. The molecule has 0 bridgehead atoms. The summed E-state index contributed by atoms with van der Waals surface area (Å²) in [5.41, 5.74) is 3.11. The Morgan fingerprint density at radius 3 is 2.58 bits per heavy atom. The van der Waals surface area contributed by atoms with Gasteiger partial charge >= 0.3 is 0 Å². The fourth-order valence-corrected chi connectivity index (χ4v) is 2.76. The maximum atomic E-state index is 12.4. The summed E-state index contributed by atoms with van der Waals surface area (Å²) in [7, 11) is 0. The molecule has 0 unspecified atom stereocenters. The summed E-state index contributed by atoms with van der Waals surface area (Å²) < 4.78 is 0. The monoisotopic (exact) mass is 260 g/mol. The summed E-state index contributed by atoms with van der Waals surface area (Å²) in [6, 6.07) is 5.98. The van der Waals surface area contributed by atoms with Gasteiger partial charge in [0.05, 0.1) is 0 Å². The fraction of sp³-hybridized carbons (Fsp3) is 0.562. The van der Waals surface area contributed by atoms with Crippen molar-refractivity contribution in [2.45, 2.75) is 52.0 Å². The van der Waals surface area contributed by atoms with Crippen LogP contribution in [0.3, 0.4) is 0 Å². The molecule has 1 aromatic rings. The largest absolute Gasteiger partial charge is 0.384 e. The van der Waals surface area contributed by atoms with Crippen LogP contribution in [0, 0.1) is 0 Å². The Labute approximate surface area is 115 Å². The number of amides is 1. The molecule has 0 atom stereocenters. The minimum atomic E-state index is -0.0659. The van der Waals surface area contributed by atoms with Crippen LogP contribution in [0.5, 0.6) is 0 Å². The van der Waals surface area contributed by atoms with Crippen molar-refractivity contribution in [2.24, 2.45) is 0 Å². The van der Waals surface area contributed by atoms with E-state index in [1.807, 2.05) is 12.1 Å². The average Bonchev–Trinajstić information content (AvgIpc) is 2.92. The zero-order chi connectivity index (χ0) is 13.9. The predicted octanol–water partition coefficient (Wildman–Crippen LogP) is 3.35. The standard InChI is InChI=1S/C16H24N2O/c1-4-16(5-2,6-3)18-15(19)13-8-7-12-9-10-17-14(12)11-13/h7-8,11,17H,4-6,9-10H2,1-3H3,(H,18,19). The highest BCUT2D eigenvalue weighted by Gasteiger charge is 2.26. The quantitative estimate of drug-likeness (QED) is 0.852. The van der Waals surface area contributed by atoms with Crippen molar-refractivity contribution in [2.75, 3.05) is 11.9 Å². The van der Waals surface area contributed by atoms with Gasteiger partial charge in [0, 0.05) is 23.3 Å². The van der Waals surface area contributed by atoms with Gasteiger partial charge in [0.25, 0.3) is 5.91 Å². The Hall–Kier alpha value is -1.51. The summed E-state index contributed by atoms with van der Waals surface area (Å²) >= 11 is 0. The van der Waals surface area contributed by atoms with Gasteiger partial charge in [-0.2, -0.15) is 0 Å². The van der Waals surface area contributed by atoms with Gasteiger partial charge in [-0.1, -0.05) is 26.8 Å². The van der Waals surface area contributed by atoms with Gasteiger partial charge in [0.2, 0.25) is 0 Å². The summed E-state index contributed by atoms with van der Waals surface area (Å²) in [4.78, 5) is 12.4. The topological polar surface area (TPSA) is 41.1 Å². The highest BCUT2D eigenvalue weighted by atomic mass is 16.1. The molecule has 104 valence electrons.